The first-order valence-electron chi connectivity index (χ1n) is 4.25. The van der Waals surface area contributed by atoms with Crippen LogP contribution in [-0.2, 0) is 4.79 Å². The molecule has 1 saturated heterocycles. The van der Waals surface area contributed by atoms with Gasteiger partial charge in [0.1, 0.15) is 6.04 Å². The molecule has 12 heavy (non-hydrogen) atoms. The molecule has 0 aromatic rings. The fraction of sp³-hybridized carbons (Fsp3) is 0.750. The molecule has 0 aromatic carbocycles. The summed E-state index contributed by atoms with van der Waals surface area (Å²) >= 11 is 0. The summed E-state index contributed by atoms with van der Waals surface area (Å²) in [4.78, 5) is 25.7. The maximum absolute atomic E-state index is 11.4. The Morgan fingerprint density at radius 3 is 2.08 bits per heavy atom. The van der Waals surface area contributed by atoms with Crippen molar-refractivity contribution in [1.82, 2.24) is 9.80 Å². The zero-order valence-corrected chi connectivity index (χ0v) is 7.70. The molecule has 0 saturated carbocycles. The topological polar surface area (TPSA) is 40.6 Å². The first-order chi connectivity index (χ1) is 5.63. The third-order valence-electron chi connectivity index (χ3n) is 2.22. The lowest BCUT2D eigenvalue weighted by atomic mass is 10.3. The Bertz CT molecular complexity index is 215. The van der Waals surface area contributed by atoms with Crippen molar-refractivity contribution in [2.24, 2.45) is 0 Å². The normalized spacial score (nSPS) is 24.1. The van der Waals surface area contributed by atoms with Crippen molar-refractivity contribution in [3.8, 4) is 0 Å². The van der Waals surface area contributed by atoms with Crippen LogP contribution < -0.4 is 0 Å². The smallest absolute Gasteiger partial charge is 0.313 e. The molecule has 4 heteroatoms. The largest absolute Gasteiger partial charge is 0.327 e. The highest BCUT2D eigenvalue weighted by Gasteiger charge is 2.40. The van der Waals surface area contributed by atoms with E-state index < -0.39 is 0 Å². The van der Waals surface area contributed by atoms with Gasteiger partial charge in [0, 0.05) is 13.1 Å². The summed E-state index contributed by atoms with van der Waals surface area (Å²) in [5, 5.41) is 0. The Labute approximate surface area is 72.1 Å². The number of likely N-dealkylation sites (N-methyl/N-ethyl adjacent to an activating group) is 2. The zero-order chi connectivity index (χ0) is 9.30. The predicted octanol–water partition coefficient (Wildman–Crippen LogP) is 0.679. The van der Waals surface area contributed by atoms with Crippen LogP contribution in [-0.4, -0.2) is 40.9 Å². The van der Waals surface area contributed by atoms with Crippen LogP contribution in [0.25, 0.3) is 0 Å². The number of imide groups is 1. The highest BCUT2D eigenvalue weighted by atomic mass is 16.2. The van der Waals surface area contributed by atoms with Gasteiger partial charge in [-0.3, -0.25) is 9.69 Å². The number of hydrogen-bond donors (Lipinski definition) is 0. The summed E-state index contributed by atoms with van der Waals surface area (Å²) in [6.45, 7) is 6.52. The molecule has 1 heterocycles. The standard InChI is InChI=1S/C8H14N2O2/c1-4-9-6(3)7(11)10(5-2)8(9)12/h6H,4-5H2,1-3H3. The van der Waals surface area contributed by atoms with Crippen molar-refractivity contribution in [2.75, 3.05) is 13.1 Å². The summed E-state index contributed by atoms with van der Waals surface area (Å²) in [6, 6.07) is -0.431. The zero-order valence-electron chi connectivity index (χ0n) is 7.70. The Kier molecular flexibility index (Phi) is 2.35. The first kappa shape index (κ1) is 9.03. The molecule has 4 nitrogen and oxygen atoms in total. The molecule has 0 spiro atoms. The van der Waals surface area contributed by atoms with Crippen molar-refractivity contribution in [1.29, 1.82) is 0 Å². The lowest BCUT2D eigenvalue weighted by molar-refractivity contribution is -0.127. The van der Waals surface area contributed by atoms with Crippen molar-refractivity contribution >= 4 is 11.9 Å². The monoisotopic (exact) mass is 170 g/mol. The van der Waals surface area contributed by atoms with Crippen molar-refractivity contribution in [3.63, 3.8) is 0 Å². The van der Waals surface area contributed by atoms with Gasteiger partial charge >= 0.3 is 6.03 Å². The van der Waals surface area contributed by atoms with Gasteiger partial charge in [-0.25, -0.2) is 4.79 Å². The van der Waals surface area contributed by atoms with Gasteiger partial charge in [-0.05, 0) is 20.8 Å². The van der Waals surface area contributed by atoms with Gasteiger partial charge < -0.3 is 4.90 Å². The van der Waals surface area contributed by atoms with Gasteiger partial charge in [0.2, 0.25) is 0 Å². The quantitative estimate of drug-likeness (QED) is 0.572. The SMILES string of the molecule is CCN1C(=O)C(C)N(CC)C1=O. The van der Waals surface area contributed by atoms with E-state index in [0.717, 1.165) is 0 Å². The lowest BCUT2D eigenvalue weighted by Crippen LogP contribution is -2.33. The minimum absolute atomic E-state index is 0.0793. The number of urea groups is 1. The molecule has 1 unspecified atom stereocenters. The van der Waals surface area contributed by atoms with E-state index in [-0.39, 0.29) is 18.0 Å². The van der Waals surface area contributed by atoms with Crippen LogP contribution in [0.3, 0.4) is 0 Å². The van der Waals surface area contributed by atoms with Crippen LogP contribution in [0.15, 0.2) is 0 Å². The second-order valence-electron chi connectivity index (χ2n) is 2.83. The predicted molar refractivity (Wildman–Crippen MR) is 44.6 cm³/mol. The molecule has 1 aliphatic heterocycles. The highest BCUT2D eigenvalue weighted by Crippen LogP contribution is 2.15. The number of nitrogens with zero attached hydrogens (tertiary/aromatic N) is 2. The van der Waals surface area contributed by atoms with Crippen molar-refractivity contribution in [2.45, 2.75) is 26.8 Å². The van der Waals surface area contributed by atoms with Crippen molar-refractivity contribution < 1.29 is 9.59 Å². The number of carbonyl (C=O) groups is 2. The van der Waals surface area contributed by atoms with Crippen LogP contribution in [0.4, 0.5) is 4.79 Å². The molecule has 0 N–H and O–H groups in total. The van der Waals surface area contributed by atoms with E-state index in [2.05, 4.69) is 0 Å². The molecule has 0 bridgehead atoms. The molecular weight excluding hydrogens is 156 g/mol. The molecule has 3 amide bonds. The van der Waals surface area contributed by atoms with Gasteiger partial charge in [0.25, 0.3) is 5.91 Å². The third kappa shape index (κ3) is 1.07. The number of hydrogen-bond acceptors (Lipinski definition) is 2. The van der Waals surface area contributed by atoms with Gasteiger partial charge in [0.15, 0.2) is 0 Å². The summed E-state index contributed by atoms with van der Waals surface area (Å²) in [6.07, 6.45) is 0. The molecular formula is C8H14N2O2. The van der Waals surface area contributed by atoms with Crippen molar-refractivity contribution in [3.05, 3.63) is 0 Å². The number of amides is 3. The van der Waals surface area contributed by atoms with E-state index in [1.54, 1.807) is 11.8 Å². The number of rotatable bonds is 2. The molecule has 0 aliphatic carbocycles. The second-order valence-corrected chi connectivity index (χ2v) is 2.83. The van der Waals surface area contributed by atoms with E-state index in [1.165, 1.54) is 4.90 Å². The fourth-order valence-electron chi connectivity index (χ4n) is 1.47. The molecule has 0 radical (unpaired) electrons. The lowest BCUT2D eigenvalue weighted by Gasteiger charge is -2.15. The Hall–Kier alpha value is -1.06. The maximum atomic E-state index is 11.4. The van der Waals surface area contributed by atoms with Crippen LogP contribution >= 0.6 is 0 Å². The molecule has 1 fully saturated rings. The summed E-state index contributed by atoms with van der Waals surface area (Å²) in [5.41, 5.74) is 0. The molecule has 1 atom stereocenters. The third-order valence-corrected chi connectivity index (χ3v) is 2.22. The summed E-state index contributed by atoms with van der Waals surface area (Å²) < 4.78 is 0. The van der Waals surface area contributed by atoms with Gasteiger partial charge in [0.05, 0.1) is 0 Å². The Morgan fingerprint density at radius 2 is 1.83 bits per heavy atom. The minimum Gasteiger partial charge on any atom is -0.313 e. The average Bonchev–Trinajstić information content (AvgIpc) is 2.25. The Balaban J connectivity index is 2.85. The highest BCUT2D eigenvalue weighted by molar-refractivity contribution is 6.03. The van der Waals surface area contributed by atoms with Crippen LogP contribution in [0.5, 0.6) is 0 Å². The van der Waals surface area contributed by atoms with Crippen LogP contribution in [0, 0.1) is 0 Å². The average molecular weight is 170 g/mol. The maximum Gasteiger partial charge on any atom is 0.327 e. The van der Waals surface area contributed by atoms with Gasteiger partial charge in [-0.1, -0.05) is 0 Å². The van der Waals surface area contributed by atoms with Crippen LogP contribution in [0.1, 0.15) is 20.8 Å². The van der Waals surface area contributed by atoms with Crippen LogP contribution in [0.2, 0.25) is 0 Å². The summed E-state index contributed by atoms with van der Waals surface area (Å²) in [5.74, 6) is -0.0793. The molecule has 68 valence electrons. The second kappa shape index (κ2) is 3.13. The molecule has 1 rings (SSSR count). The molecule has 0 aromatic heterocycles. The Morgan fingerprint density at radius 1 is 1.25 bits per heavy atom. The van der Waals surface area contributed by atoms with Gasteiger partial charge in [-0.15, -0.1) is 0 Å². The van der Waals surface area contributed by atoms with E-state index in [0.29, 0.717) is 13.1 Å². The minimum atomic E-state index is -0.276. The van der Waals surface area contributed by atoms with E-state index in [1.807, 2.05) is 13.8 Å². The van der Waals surface area contributed by atoms with E-state index >= 15 is 0 Å². The van der Waals surface area contributed by atoms with E-state index in [4.69, 9.17) is 0 Å². The first-order valence-corrected chi connectivity index (χ1v) is 4.25. The summed E-state index contributed by atoms with van der Waals surface area (Å²) in [7, 11) is 0. The number of carbonyl (C=O) groups excluding carboxylic acids is 2. The fourth-order valence-corrected chi connectivity index (χ4v) is 1.47. The van der Waals surface area contributed by atoms with Gasteiger partial charge in [-0.2, -0.15) is 0 Å². The molecule has 1 aliphatic rings. The van der Waals surface area contributed by atoms with E-state index in [9.17, 15) is 9.59 Å².